The first kappa shape index (κ1) is 21.6. The molecule has 0 unspecified atom stereocenters. The quantitative estimate of drug-likeness (QED) is 0.486. The number of nitrogens with one attached hydrogen (secondary N) is 1. The first-order valence-corrected chi connectivity index (χ1v) is 10.4. The molecule has 5 rings (SSSR count). The van der Waals surface area contributed by atoms with Gasteiger partial charge in [-0.25, -0.2) is 13.9 Å². The second-order valence-electron chi connectivity index (χ2n) is 8.66. The number of benzene rings is 1. The Morgan fingerprint density at radius 1 is 1.03 bits per heavy atom. The Morgan fingerprint density at radius 2 is 1.77 bits per heavy atom. The summed E-state index contributed by atoms with van der Waals surface area (Å²) in [6.07, 6.45) is 3.84. The predicted molar refractivity (Wildman–Crippen MR) is 122 cm³/mol. The van der Waals surface area contributed by atoms with E-state index >= 15 is 4.39 Å². The van der Waals surface area contributed by atoms with Crippen molar-refractivity contribution in [2.45, 2.75) is 58.5 Å². The van der Waals surface area contributed by atoms with Crippen LogP contribution in [0.4, 0.5) is 4.39 Å². The molecule has 162 valence electrons. The third-order valence-corrected chi connectivity index (χ3v) is 5.96. The predicted octanol–water partition coefficient (Wildman–Crippen LogP) is 4.76. The van der Waals surface area contributed by atoms with Gasteiger partial charge < -0.3 is 5.32 Å². The number of imidazole rings is 1. The second-order valence-corrected chi connectivity index (χ2v) is 8.66. The summed E-state index contributed by atoms with van der Waals surface area (Å²) < 4.78 is 16.9. The molecule has 2 atom stereocenters. The number of aryl methyl sites for hydroxylation is 2. The molecular weight excluding hydrogens is 415 g/mol. The van der Waals surface area contributed by atoms with E-state index in [0.29, 0.717) is 40.2 Å². The Balaban J connectivity index is 0.00000231. The summed E-state index contributed by atoms with van der Waals surface area (Å²) in [4.78, 5) is 4.48. The SMILES string of the molecule is Cc1cn2nc(-c3cc(F)c4cc(C5C[C@H](C)N[C@@H](C)C5)nnc4c3)cc(C)c2n1.Cl. The smallest absolute Gasteiger partial charge is 0.156 e. The van der Waals surface area contributed by atoms with E-state index in [4.69, 9.17) is 0 Å². The average Bonchev–Trinajstić information content (AvgIpc) is 3.08. The van der Waals surface area contributed by atoms with E-state index in [1.54, 1.807) is 10.6 Å². The van der Waals surface area contributed by atoms with Crippen molar-refractivity contribution in [3.05, 3.63) is 53.2 Å². The van der Waals surface area contributed by atoms with Gasteiger partial charge in [-0.3, -0.25) is 0 Å². The highest BCUT2D eigenvalue weighted by Gasteiger charge is 2.26. The Bertz CT molecular complexity index is 1260. The van der Waals surface area contributed by atoms with Crippen LogP contribution in [0.3, 0.4) is 0 Å². The van der Waals surface area contributed by atoms with Crippen LogP contribution in [0.2, 0.25) is 0 Å². The van der Waals surface area contributed by atoms with Gasteiger partial charge >= 0.3 is 0 Å². The van der Waals surface area contributed by atoms with Crippen LogP contribution in [0.15, 0.2) is 30.5 Å². The minimum atomic E-state index is -0.296. The summed E-state index contributed by atoms with van der Waals surface area (Å²) in [7, 11) is 0. The maximum atomic E-state index is 15.1. The summed E-state index contributed by atoms with van der Waals surface area (Å²) in [6, 6.07) is 8.04. The standard InChI is InChI=1S/C23H25FN6.ClH/c1-12-5-21(29-30-11-15(4)26-23(12)30)17-8-19(24)18-10-20(27-28-22(18)9-17)16-6-13(2)25-14(3)7-16;/h5,8-11,13-14,16,25H,6-7H2,1-4H3;1H/t13-,14-;/m0./s1. The van der Waals surface area contributed by atoms with Crippen molar-refractivity contribution in [3.63, 3.8) is 0 Å². The fourth-order valence-electron chi connectivity index (χ4n) is 4.66. The van der Waals surface area contributed by atoms with Gasteiger partial charge in [-0.05, 0) is 70.4 Å². The van der Waals surface area contributed by atoms with Crippen LogP contribution in [0, 0.1) is 19.7 Å². The monoisotopic (exact) mass is 440 g/mol. The highest BCUT2D eigenvalue weighted by atomic mass is 35.5. The number of aromatic nitrogens is 5. The number of halogens is 2. The molecule has 0 bridgehead atoms. The van der Waals surface area contributed by atoms with Gasteiger partial charge in [-0.1, -0.05) is 0 Å². The van der Waals surface area contributed by atoms with Gasteiger partial charge in [0, 0.05) is 29.0 Å². The lowest BCUT2D eigenvalue weighted by Gasteiger charge is -2.32. The van der Waals surface area contributed by atoms with Crippen molar-refractivity contribution in [1.82, 2.24) is 30.1 Å². The van der Waals surface area contributed by atoms with Gasteiger partial charge in [-0.2, -0.15) is 15.3 Å². The molecule has 3 aromatic heterocycles. The van der Waals surface area contributed by atoms with Crippen LogP contribution in [-0.4, -0.2) is 36.9 Å². The van der Waals surface area contributed by atoms with Gasteiger partial charge in [0.05, 0.1) is 28.8 Å². The van der Waals surface area contributed by atoms with Crippen LogP contribution in [0.25, 0.3) is 27.8 Å². The first-order chi connectivity index (χ1) is 14.4. The highest BCUT2D eigenvalue weighted by Crippen LogP contribution is 2.32. The van der Waals surface area contributed by atoms with Crippen molar-refractivity contribution >= 4 is 29.0 Å². The molecule has 0 radical (unpaired) electrons. The normalized spacial score (nSPS) is 21.4. The fourth-order valence-corrected chi connectivity index (χ4v) is 4.66. The third kappa shape index (κ3) is 4.00. The van der Waals surface area contributed by atoms with Crippen molar-refractivity contribution in [2.75, 3.05) is 0 Å². The van der Waals surface area contributed by atoms with Crippen LogP contribution in [0.1, 0.15) is 49.6 Å². The molecule has 1 saturated heterocycles. The maximum Gasteiger partial charge on any atom is 0.156 e. The Hall–Kier alpha value is -2.64. The van der Waals surface area contributed by atoms with Gasteiger partial charge in [0.2, 0.25) is 0 Å². The van der Waals surface area contributed by atoms with Crippen molar-refractivity contribution in [3.8, 4) is 11.3 Å². The number of nitrogens with zero attached hydrogens (tertiary/aromatic N) is 5. The molecule has 0 amide bonds. The molecule has 31 heavy (non-hydrogen) atoms. The molecule has 6 nitrogen and oxygen atoms in total. The molecule has 4 aromatic rings. The van der Waals surface area contributed by atoms with Crippen molar-refractivity contribution in [1.29, 1.82) is 0 Å². The minimum Gasteiger partial charge on any atom is -0.312 e. The highest BCUT2D eigenvalue weighted by molar-refractivity contribution is 5.85. The van der Waals surface area contributed by atoms with E-state index in [-0.39, 0.29) is 18.2 Å². The number of piperidine rings is 1. The molecule has 8 heteroatoms. The van der Waals surface area contributed by atoms with Gasteiger partial charge in [0.1, 0.15) is 5.82 Å². The number of fused-ring (bicyclic) bond motifs is 2. The largest absolute Gasteiger partial charge is 0.312 e. The van der Waals surface area contributed by atoms with E-state index in [1.807, 2.05) is 38.2 Å². The van der Waals surface area contributed by atoms with Crippen LogP contribution in [0.5, 0.6) is 0 Å². The van der Waals surface area contributed by atoms with Crippen molar-refractivity contribution in [2.24, 2.45) is 0 Å². The lowest BCUT2D eigenvalue weighted by Crippen LogP contribution is -2.41. The molecule has 0 spiro atoms. The lowest BCUT2D eigenvalue weighted by atomic mass is 9.86. The molecule has 4 heterocycles. The van der Waals surface area contributed by atoms with Gasteiger partial charge in [0.15, 0.2) is 5.65 Å². The molecule has 1 aliphatic rings. The summed E-state index contributed by atoms with van der Waals surface area (Å²) in [5, 5.41) is 17.5. The average molecular weight is 441 g/mol. The molecule has 1 aliphatic heterocycles. The maximum absolute atomic E-state index is 15.1. The van der Waals surface area contributed by atoms with E-state index in [2.05, 4.69) is 39.4 Å². The van der Waals surface area contributed by atoms with Crippen LogP contribution < -0.4 is 5.32 Å². The topological polar surface area (TPSA) is 68.0 Å². The lowest BCUT2D eigenvalue weighted by molar-refractivity contribution is 0.312. The molecule has 1 aromatic carbocycles. The molecule has 0 aliphatic carbocycles. The second kappa shape index (κ2) is 8.13. The zero-order valence-electron chi connectivity index (χ0n) is 18.1. The zero-order chi connectivity index (χ0) is 21.0. The summed E-state index contributed by atoms with van der Waals surface area (Å²) in [5.74, 6) is -0.00141. The van der Waals surface area contributed by atoms with E-state index in [9.17, 15) is 0 Å². The molecular formula is C23H26ClFN6. The Kier molecular flexibility index (Phi) is 5.66. The Morgan fingerprint density at radius 3 is 2.52 bits per heavy atom. The van der Waals surface area contributed by atoms with E-state index < -0.39 is 0 Å². The minimum absolute atomic E-state index is 0. The number of hydrogen-bond acceptors (Lipinski definition) is 5. The third-order valence-electron chi connectivity index (χ3n) is 5.96. The zero-order valence-corrected chi connectivity index (χ0v) is 18.9. The van der Waals surface area contributed by atoms with Crippen molar-refractivity contribution < 1.29 is 4.39 Å². The van der Waals surface area contributed by atoms with Gasteiger partial charge in [-0.15, -0.1) is 12.4 Å². The molecule has 1 N–H and O–H groups in total. The van der Waals surface area contributed by atoms with Crippen LogP contribution >= 0.6 is 12.4 Å². The number of hydrogen-bond donors (Lipinski definition) is 1. The molecule has 0 saturated carbocycles. The Labute approximate surface area is 186 Å². The van der Waals surface area contributed by atoms with Gasteiger partial charge in [0.25, 0.3) is 0 Å². The molecule has 1 fully saturated rings. The van der Waals surface area contributed by atoms with E-state index in [0.717, 1.165) is 35.4 Å². The summed E-state index contributed by atoms with van der Waals surface area (Å²) in [6.45, 7) is 8.27. The van der Waals surface area contributed by atoms with Crippen LogP contribution in [-0.2, 0) is 0 Å². The summed E-state index contributed by atoms with van der Waals surface area (Å²) in [5.41, 5.74) is 5.49. The first-order valence-electron chi connectivity index (χ1n) is 10.4. The fraction of sp³-hybridized carbons (Fsp3) is 0.391. The number of rotatable bonds is 2. The van der Waals surface area contributed by atoms with E-state index in [1.165, 1.54) is 0 Å². The summed E-state index contributed by atoms with van der Waals surface area (Å²) >= 11 is 0.